The number of rotatable bonds is 3. The van der Waals surface area contributed by atoms with Gasteiger partial charge in [-0.1, -0.05) is 18.2 Å². The second-order valence-electron chi connectivity index (χ2n) is 4.84. The second kappa shape index (κ2) is 5.17. The van der Waals surface area contributed by atoms with Gasteiger partial charge in [-0.3, -0.25) is 4.79 Å². The van der Waals surface area contributed by atoms with E-state index in [1.165, 1.54) is 0 Å². The fourth-order valence-electron chi connectivity index (χ4n) is 2.27. The number of hydrogen-bond acceptors (Lipinski definition) is 2. The Morgan fingerprint density at radius 3 is 2.75 bits per heavy atom. The summed E-state index contributed by atoms with van der Waals surface area (Å²) in [7, 11) is 0. The van der Waals surface area contributed by atoms with Crippen LogP contribution in [0.1, 0.15) is 13.3 Å². The van der Waals surface area contributed by atoms with E-state index in [0.717, 1.165) is 27.6 Å². The lowest BCUT2D eigenvalue weighted by molar-refractivity contribution is -0.116. The number of nitrogens with one attached hydrogen (secondary N) is 1. The molecule has 1 aromatic heterocycles. The van der Waals surface area contributed by atoms with Crippen molar-refractivity contribution in [2.75, 3.05) is 5.32 Å². The molecule has 20 heavy (non-hydrogen) atoms. The molecule has 0 spiro atoms. The first-order valence-corrected chi connectivity index (χ1v) is 6.92. The molecule has 3 nitrogen and oxygen atoms in total. The predicted octanol–water partition coefficient (Wildman–Crippen LogP) is 4.54. The van der Waals surface area contributed by atoms with Gasteiger partial charge in [0.05, 0.1) is 0 Å². The van der Waals surface area contributed by atoms with Crippen LogP contribution in [0.3, 0.4) is 0 Å². The highest BCUT2D eigenvalue weighted by atomic mass is 35.5. The molecule has 0 fully saturated rings. The lowest BCUT2D eigenvalue weighted by Crippen LogP contribution is -2.14. The maximum Gasteiger partial charge on any atom is 0.225 e. The van der Waals surface area contributed by atoms with Crippen molar-refractivity contribution in [1.29, 1.82) is 0 Å². The lowest BCUT2D eigenvalue weighted by Gasteiger charge is -2.06. The van der Waals surface area contributed by atoms with Gasteiger partial charge in [-0.05, 0) is 31.2 Å². The van der Waals surface area contributed by atoms with Crippen LogP contribution in [0.25, 0.3) is 21.9 Å². The van der Waals surface area contributed by atoms with Gasteiger partial charge in [-0.15, -0.1) is 11.6 Å². The van der Waals surface area contributed by atoms with E-state index in [9.17, 15) is 4.79 Å². The molecule has 0 aliphatic carbocycles. The molecule has 0 saturated carbocycles. The molecule has 2 aromatic carbocycles. The largest absolute Gasteiger partial charge is 0.456 e. The fourth-order valence-corrected chi connectivity index (χ4v) is 2.41. The van der Waals surface area contributed by atoms with Gasteiger partial charge in [0, 0.05) is 28.3 Å². The standard InChI is InChI=1S/C16H14ClNO2/c1-10(17)8-16(19)18-11-6-7-15-13(9-11)12-4-2-3-5-14(12)20-15/h2-7,9-10H,8H2,1H3,(H,18,19). The molecule has 0 aliphatic heterocycles. The summed E-state index contributed by atoms with van der Waals surface area (Å²) in [6.07, 6.45) is 0.297. The number of amides is 1. The van der Waals surface area contributed by atoms with E-state index in [1.807, 2.05) is 42.5 Å². The molecule has 1 atom stereocenters. The molecular weight excluding hydrogens is 274 g/mol. The van der Waals surface area contributed by atoms with Crippen molar-refractivity contribution in [3.63, 3.8) is 0 Å². The molecule has 3 aromatic rings. The fraction of sp³-hybridized carbons (Fsp3) is 0.188. The average molecular weight is 288 g/mol. The molecular formula is C16H14ClNO2. The monoisotopic (exact) mass is 287 g/mol. The number of carbonyl (C=O) groups is 1. The summed E-state index contributed by atoms with van der Waals surface area (Å²) in [5, 5.41) is 4.73. The van der Waals surface area contributed by atoms with Crippen LogP contribution in [0.5, 0.6) is 0 Å². The van der Waals surface area contributed by atoms with Crippen LogP contribution in [0, 0.1) is 0 Å². The van der Waals surface area contributed by atoms with E-state index >= 15 is 0 Å². The Labute approximate surface area is 121 Å². The van der Waals surface area contributed by atoms with Gasteiger partial charge in [0.2, 0.25) is 5.91 Å². The zero-order valence-electron chi connectivity index (χ0n) is 11.0. The Bertz CT molecular complexity index is 776. The quantitative estimate of drug-likeness (QED) is 0.719. The summed E-state index contributed by atoms with van der Waals surface area (Å²) < 4.78 is 5.74. The number of alkyl halides is 1. The van der Waals surface area contributed by atoms with E-state index in [4.69, 9.17) is 16.0 Å². The van der Waals surface area contributed by atoms with E-state index in [0.29, 0.717) is 6.42 Å². The van der Waals surface area contributed by atoms with Crippen LogP contribution in [0.2, 0.25) is 0 Å². The third-order valence-electron chi connectivity index (χ3n) is 3.13. The number of carbonyl (C=O) groups excluding carboxylic acids is 1. The van der Waals surface area contributed by atoms with Crippen molar-refractivity contribution in [2.24, 2.45) is 0 Å². The number of hydrogen-bond donors (Lipinski definition) is 1. The van der Waals surface area contributed by atoms with Gasteiger partial charge >= 0.3 is 0 Å². The summed E-state index contributed by atoms with van der Waals surface area (Å²) in [6, 6.07) is 13.5. The Hall–Kier alpha value is -2.00. The number of furan rings is 1. The third-order valence-corrected chi connectivity index (χ3v) is 3.28. The summed E-state index contributed by atoms with van der Waals surface area (Å²) in [4.78, 5) is 11.7. The Morgan fingerprint density at radius 1 is 1.20 bits per heavy atom. The van der Waals surface area contributed by atoms with Crippen molar-refractivity contribution in [1.82, 2.24) is 0 Å². The Kier molecular flexibility index (Phi) is 3.36. The van der Waals surface area contributed by atoms with E-state index in [2.05, 4.69) is 5.32 Å². The van der Waals surface area contributed by atoms with Gasteiger partial charge < -0.3 is 9.73 Å². The molecule has 0 radical (unpaired) electrons. The Balaban J connectivity index is 1.97. The minimum atomic E-state index is -0.173. The molecule has 4 heteroatoms. The molecule has 0 saturated heterocycles. The van der Waals surface area contributed by atoms with E-state index < -0.39 is 0 Å². The van der Waals surface area contributed by atoms with Crippen molar-refractivity contribution in [3.05, 3.63) is 42.5 Å². The third kappa shape index (κ3) is 2.49. The zero-order chi connectivity index (χ0) is 14.1. The second-order valence-corrected chi connectivity index (χ2v) is 5.59. The highest BCUT2D eigenvalue weighted by Crippen LogP contribution is 2.30. The van der Waals surface area contributed by atoms with Crippen LogP contribution < -0.4 is 5.32 Å². The first kappa shape index (κ1) is 13.0. The summed E-state index contributed by atoms with van der Waals surface area (Å²) in [6.45, 7) is 1.80. The number of benzene rings is 2. The smallest absolute Gasteiger partial charge is 0.225 e. The number of para-hydroxylation sites is 1. The molecule has 1 N–H and O–H groups in total. The summed E-state index contributed by atoms with van der Waals surface area (Å²) >= 11 is 5.82. The van der Waals surface area contributed by atoms with Crippen molar-refractivity contribution < 1.29 is 9.21 Å². The van der Waals surface area contributed by atoms with Crippen LogP contribution in [-0.2, 0) is 4.79 Å². The maximum absolute atomic E-state index is 11.7. The van der Waals surface area contributed by atoms with Gasteiger partial charge in [0.1, 0.15) is 11.2 Å². The minimum absolute atomic E-state index is 0.0837. The Morgan fingerprint density at radius 2 is 1.95 bits per heavy atom. The van der Waals surface area contributed by atoms with Crippen LogP contribution in [0.4, 0.5) is 5.69 Å². The summed E-state index contributed by atoms with van der Waals surface area (Å²) in [5.41, 5.74) is 2.42. The predicted molar refractivity (Wildman–Crippen MR) is 82.3 cm³/mol. The van der Waals surface area contributed by atoms with E-state index in [-0.39, 0.29) is 11.3 Å². The van der Waals surface area contributed by atoms with E-state index in [1.54, 1.807) is 6.92 Å². The normalized spacial score (nSPS) is 12.7. The highest BCUT2D eigenvalue weighted by Gasteiger charge is 2.10. The molecule has 102 valence electrons. The number of fused-ring (bicyclic) bond motifs is 3. The van der Waals surface area contributed by atoms with Crippen LogP contribution in [-0.4, -0.2) is 11.3 Å². The van der Waals surface area contributed by atoms with Crippen LogP contribution in [0.15, 0.2) is 46.9 Å². The van der Waals surface area contributed by atoms with Crippen LogP contribution >= 0.6 is 11.6 Å². The molecule has 3 rings (SSSR count). The first-order chi connectivity index (χ1) is 9.63. The topological polar surface area (TPSA) is 42.2 Å². The minimum Gasteiger partial charge on any atom is -0.456 e. The van der Waals surface area contributed by atoms with Crippen molar-refractivity contribution in [2.45, 2.75) is 18.7 Å². The average Bonchev–Trinajstić information content (AvgIpc) is 2.76. The maximum atomic E-state index is 11.7. The van der Waals surface area contributed by atoms with Gasteiger partial charge in [0.15, 0.2) is 0 Å². The number of anilines is 1. The molecule has 0 aliphatic rings. The SMILES string of the molecule is CC(Cl)CC(=O)Nc1ccc2oc3ccccc3c2c1. The van der Waals surface area contributed by atoms with Gasteiger partial charge in [0.25, 0.3) is 0 Å². The lowest BCUT2D eigenvalue weighted by atomic mass is 10.1. The first-order valence-electron chi connectivity index (χ1n) is 6.49. The zero-order valence-corrected chi connectivity index (χ0v) is 11.8. The highest BCUT2D eigenvalue weighted by molar-refractivity contribution is 6.21. The van der Waals surface area contributed by atoms with Crippen molar-refractivity contribution in [3.8, 4) is 0 Å². The van der Waals surface area contributed by atoms with Gasteiger partial charge in [-0.2, -0.15) is 0 Å². The molecule has 1 amide bonds. The van der Waals surface area contributed by atoms with Gasteiger partial charge in [-0.25, -0.2) is 0 Å². The molecule has 1 unspecified atom stereocenters. The number of halogens is 1. The molecule has 1 heterocycles. The van der Waals surface area contributed by atoms with Crippen molar-refractivity contribution >= 4 is 45.1 Å². The summed E-state index contributed by atoms with van der Waals surface area (Å²) in [5.74, 6) is -0.0837. The molecule has 0 bridgehead atoms.